The lowest BCUT2D eigenvalue weighted by atomic mass is 9.53. The van der Waals surface area contributed by atoms with E-state index < -0.39 is 0 Å². The van der Waals surface area contributed by atoms with E-state index in [2.05, 4.69) is 11.4 Å². The standard InChI is InChI=1S/C17H21N3/c18-10-14-2-1-3-15(16(14)19)20-17-7-11-4-12(8-17)6-13(5-11)9-17/h1-3,11-13,20H,4-9,19H2. The number of nitrogens with two attached hydrogens (primary N) is 1. The number of nitrogens with one attached hydrogen (secondary N) is 1. The quantitative estimate of drug-likeness (QED) is 0.806. The van der Waals surface area contributed by atoms with E-state index in [0.29, 0.717) is 11.3 Å². The molecule has 0 heterocycles. The first-order valence-electron chi connectivity index (χ1n) is 7.74. The van der Waals surface area contributed by atoms with Crippen LogP contribution in [0.4, 0.5) is 11.4 Å². The third-order valence-corrected chi connectivity index (χ3v) is 5.66. The Morgan fingerprint density at radius 2 is 1.70 bits per heavy atom. The van der Waals surface area contributed by atoms with E-state index in [1.165, 1.54) is 38.5 Å². The molecular formula is C17H21N3. The molecule has 3 nitrogen and oxygen atoms in total. The van der Waals surface area contributed by atoms with Gasteiger partial charge in [0.05, 0.1) is 16.9 Å². The van der Waals surface area contributed by atoms with E-state index in [-0.39, 0.29) is 5.54 Å². The summed E-state index contributed by atoms with van der Waals surface area (Å²) in [6.45, 7) is 0. The lowest BCUT2D eigenvalue weighted by Crippen LogP contribution is -2.54. The number of nitrogen functional groups attached to an aromatic ring is 1. The van der Waals surface area contributed by atoms with Gasteiger partial charge in [0.25, 0.3) is 0 Å². The Bertz CT molecular complexity index is 549. The maximum absolute atomic E-state index is 9.11. The number of hydrogen-bond donors (Lipinski definition) is 2. The summed E-state index contributed by atoms with van der Waals surface area (Å²) in [5.41, 5.74) is 8.55. The second-order valence-electron chi connectivity index (χ2n) is 7.20. The molecule has 0 saturated heterocycles. The third-order valence-electron chi connectivity index (χ3n) is 5.66. The van der Waals surface area contributed by atoms with Crippen LogP contribution in [0.1, 0.15) is 44.1 Å². The summed E-state index contributed by atoms with van der Waals surface area (Å²) in [5, 5.41) is 12.9. The lowest BCUT2D eigenvalue weighted by Gasteiger charge is -2.57. The summed E-state index contributed by atoms with van der Waals surface area (Å²) >= 11 is 0. The van der Waals surface area contributed by atoms with Crippen molar-refractivity contribution >= 4 is 11.4 Å². The SMILES string of the molecule is N#Cc1cccc(NC23CC4CC(CC(C4)C2)C3)c1N. The van der Waals surface area contributed by atoms with Gasteiger partial charge in [-0.2, -0.15) is 5.26 Å². The van der Waals surface area contributed by atoms with Gasteiger partial charge in [0.15, 0.2) is 0 Å². The maximum atomic E-state index is 9.11. The monoisotopic (exact) mass is 267 g/mol. The van der Waals surface area contributed by atoms with Gasteiger partial charge in [0.2, 0.25) is 0 Å². The van der Waals surface area contributed by atoms with Crippen LogP contribution in [-0.2, 0) is 0 Å². The molecule has 4 bridgehead atoms. The molecule has 20 heavy (non-hydrogen) atoms. The minimum absolute atomic E-state index is 0.247. The zero-order valence-corrected chi connectivity index (χ0v) is 11.7. The number of para-hydroxylation sites is 1. The molecule has 0 aromatic heterocycles. The van der Waals surface area contributed by atoms with Gasteiger partial charge < -0.3 is 11.1 Å². The van der Waals surface area contributed by atoms with Crippen LogP contribution in [0.15, 0.2) is 18.2 Å². The van der Waals surface area contributed by atoms with Gasteiger partial charge >= 0.3 is 0 Å². The van der Waals surface area contributed by atoms with Crippen LogP contribution in [-0.4, -0.2) is 5.54 Å². The Labute approximate surface area is 120 Å². The molecule has 0 radical (unpaired) electrons. The molecule has 104 valence electrons. The zero-order chi connectivity index (χ0) is 13.7. The van der Waals surface area contributed by atoms with Crippen LogP contribution < -0.4 is 11.1 Å². The van der Waals surface area contributed by atoms with Crippen molar-refractivity contribution in [1.29, 1.82) is 5.26 Å². The minimum atomic E-state index is 0.247. The smallest absolute Gasteiger partial charge is 0.101 e. The molecular weight excluding hydrogens is 246 g/mol. The van der Waals surface area contributed by atoms with Crippen LogP contribution >= 0.6 is 0 Å². The molecule has 1 aromatic rings. The van der Waals surface area contributed by atoms with Gasteiger partial charge in [-0.05, 0) is 68.4 Å². The van der Waals surface area contributed by atoms with E-state index in [4.69, 9.17) is 11.0 Å². The second kappa shape index (κ2) is 4.15. The molecule has 4 saturated carbocycles. The molecule has 4 aliphatic rings. The Hall–Kier alpha value is -1.69. The van der Waals surface area contributed by atoms with Gasteiger partial charge in [-0.25, -0.2) is 0 Å². The highest BCUT2D eigenvalue weighted by molar-refractivity contribution is 5.73. The number of anilines is 2. The van der Waals surface area contributed by atoms with Crippen molar-refractivity contribution in [3.63, 3.8) is 0 Å². The van der Waals surface area contributed by atoms with E-state index in [1.54, 1.807) is 6.07 Å². The Balaban J connectivity index is 1.65. The van der Waals surface area contributed by atoms with Crippen LogP contribution in [0.25, 0.3) is 0 Å². The molecule has 1 aromatic carbocycles. The Morgan fingerprint density at radius 1 is 1.10 bits per heavy atom. The Morgan fingerprint density at radius 3 is 2.25 bits per heavy atom. The third kappa shape index (κ3) is 1.78. The van der Waals surface area contributed by atoms with Gasteiger partial charge in [-0.15, -0.1) is 0 Å². The Kier molecular flexibility index (Phi) is 2.51. The first kappa shape index (κ1) is 12.1. The van der Waals surface area contributed by atoms with Crippen LogP contribution in [0.5, 0.6) is 0 Å². The number of nitriles is 1. The lowest BCUT2D eigenvalue weighted by molar-refractivity contribution is 0.0107. The largest absolute Gasteiger partial charge is 0.396 e. The molecule has 0 unspecified atom stereocenters. The second-order valence-corrected chi connectivity index (χ2v) is 7.20. The molecule has 3 N–H and O–H groups in total. The van der Waals surface area contributed by atoms with E-state index in [1.807, 2.05) is 12.1 Å². The van der Waals surface area contributed by atoms with E-state index in [0.717, 1.165) is 23.4 Å². The van der Waals surface area contributed by atoms with E-state index in [9.17, 15) is 0 Å². The summed E-state index contributed by atoms with van der Waals surface area (Å²) in [5.74, 6) is 2.73. The molecule has 4 aliphatic carbocycles. The van der Waals surface area contributed by atoms with Gasteiger partial charge in [0, 0.05) is 5.54 Å². The molecule has 0 amide bonds. The van der Waals surface area contributed by atoms with Crippen molar-refractivity contribution in [3.8, 4) is 6.07 Å². The van der Waals surface area contributed by atoms with Crippen molar-refractivity contribution in [2.75, 3.05) is 11.1 Å². The van der Waals surface area contributed by atoms with E-state index >= 15 is 0 Å². The van der Waals surface area contributed by atoms with Gasteiger partial charge in [-0.1, -0.05) is 6.07 Å². The van der Waals surface area contributed by atoms with Gasteiger partial charge in [0.1, 0.15) is 6.07 Å². The van der Waals surface area contributed by atoms with Crippen molar-refractivity contribution in [1.82, 2.24) is 0 Å². The van der Waals surface area contributed by atoms with Crippen LogP contribution in [0, 0.1) is 29.1 Å². The molecule has 0 atom stereocenters. The summed E-state index contributed by atoms with van der Waals surface area (Å²) in [4.78, 5) is 0. The number of nitrogens with zero attached hydrogens (tertiary/aromatic N) is 1. The van der Waals surface area contributed by atoms with Crippen molar-refractivity contribution in [2.45, 2.75) is 44.1 Å². The topological polar surface area (TPSA) is 61.8 Å². The normalized spacial score (nSPS) is 37.6. The van der Waals surface area contributed by atoms with Crippen LogP contribution in [0.3, 0.4) is 0 Å². The number of benzene rings is 1. The highest BCUT2D eigenvalue weighted by atomic mass is 15.0. The van der Waals surface area contributed by atoms with Crippen molar-refractivity contribution in [3.05, 3.63) is 23.8 Å². The summed E-state index contributed by atoms with van der Waals surface area (Å²) in [7, 11) is 0. The molecule has 0 aliphatic heterocycles. The zero-order valence-electron chi connectivity index (χ0n) is 11.7. The predicted molar refractivity (Wildman–Crippen MR) is 80.1 cm³/mol. The first-order valence-corrected chi connectivity index (χ1v) is 7.74. The number of rotatable bonds is 2. The van der Waals surface area contributed by atoms with Crippen molar-refractivity contribution < 1.29 is 0 Å². The summed E-state index contributed by atoms with van der Waals surface area (Å²) < 4.78 is 0. The summed E-state index contributed by atoms with van der Waals surface area (Å²) in [6, 6.07) is 7.92. The van der Waals surface area contributed by atoms with Crippen LogP contribution in [0.2, 0.25) is 0 Å². The molecule has 5 rings (SSSR count). The van der Waals surface area contributed by atoms with Crippen molar-refractivity contribution in [2.24, 2.45) is 17.8 Å². The average molecular weight is 267 g/mol. The maximum Gasteiger partial charge on any atom is 0.101 e. The highest BCUT2D eigenvalue weighted by Crippen LogP contribution is 2.56. The first-order chi connectivity index (χ1) is 9.67. The molecule has 0 spiro atoms. The fraction of sp³-hybridized carbons (Fsp3) is 0.588. The predicted octanol–water partition coefficient (Wildman–Crippen LogP) is 3.52. The average Bonchev–Trinajstić information content (AvgIpc) is 2.39. The fourth-order valence-electron chi connectivity index (χ4n) is 5.32. The highest BCUT2D eigenvalue weighted by Gasteiger charge is 2.51. The summed E-state index contributed by atoms with van der Waals surface area (Å²) in [6.07, 6.45) is 8.18. The minimum Gasteiger partial charge on any atom is -0.396 e. The number of hydrogen-bond acceptors (Lipinski definition) is 3. The van der Waals surface area contributed by atoms with Gasteiger partial charge in [-0.3, -0.25) is 0 Å². The molecule has 4 fully saturated rings. The fourth-order valence-corrected chi connectivity index (χ4v) is 5.32. The molecule has 3 heteroatoms.